The second kappa shape index (κ2) is 8.42. The summed E-state index contributed by atoms with van der Waals surface area (Å²) in [6.07, 6.45) is 0. The lowest BCUT2D eigenvalue weighted by Gasteiger charge is -2.27. The number of hydrogen-bond donors (Lipinski definition) is 2. The number of fused-ring (bicyclic) bond motifs is 1. The summed E-state index contributed by atoms with van der Waals surface area (Å²) in [5.41, 5.74) is 1.17. The Balaban J connectivity index is 1.65. The van der Waals surface area contributed by atoms with Gasteiger partial charge in [0.05, 0.1) is 32.0 Å². The molecular weight excluding hydrogens is 318 g/mol. The van der Waals surface area contributed by atoms with E-state index in [4.69, 9.17) is 17.0 Å². The van der Waals surface area contributed by atoms with Crippen LogP contribution < -0.4 is 15.1 Å². The zero-order chi connectivity index (χ0) is 16.8. The molecule has 0 spiro atoms. The summed E-state index contributed by atoms with van der Waals surface area (Å²) in [5, 5.41) is 6.73. The summed E-state index contributed by atoms with van der Waals surface area (Å²) in [7, 11) is 0. The molecule has 0 radical (unpaired) electrons. The van der Waals surface area contributed by atoms with Crippen LogP contribution >= 0.6 is 12.2 Å². The van der Waals surface area contributed by atoms with Gasteiger partial charge in [0.1, 0.15) is 13.1 Å². The SMILES string of the molecule is CCN(C(=S)NCC[NH+]1CCOCC1)c1cccc2ccccc12. The first-order chi connectivity index (χ1) is 11.8. The Hall–Kier alpha value is -1.69. The molecule has 2 aromatic rings. The zero-order valence-electron chi connectivity index (χ0n) is 14.3. The quantitative estimate of drug-likeness (QED) is 0.804. The molecule has 1 heterocycles. The standard InChI is InChI=1S/C19H25N3OS/c1-2-22(18-9-5-7-16-6-3-4-8-17(16)18)19(24)20-10-11-21-12-14-23-15-13-21/h3-9H,2,10-15H2,1H3,(H,20,24)/p+1. The Morgan fingerprint density at radius 2 is 1.92 bits per heavy atom. The van der Waals surface area contributed by atoms with E-state index in [0.29, 0.717) is 0 Å². The third-order valence-electron chi connectivity index (χ3n) is 4.57. The van der Waals surface area contributed by atoms with Gasteiger partial charge in [-0.25, -0.2) is 0 Å². The van der Waals surface area contributed by atoms with E-state index in [1.54, 1.807) is 4.90 Å². The molecular formula is C19H26N3OS+. The third-order valence-corrected chi connectivity index (χ3v) is 4.94. The summed E-state index contributed by atoms with van der Waals surface area (Å²) in [6.45, 7) is 8.90. The Kier molecular flexibility index (Phi) is 6.01. The number of quaternary nitrogens is 1. The van der Waals surface area contributed by atoms with Crippen molar-refractivity contribution in [2.24, 2.45) is 0 Å². The van der Waals surface area contributed by atoms with E-state index >= 15 is 0 Å². The molecule has 1 saturated heterocycles. The van der Waals surface area contributed by atoms with Gasteiger partial charge in [0.15, 0.2) is 5.11 Å². The first kappa shape index (κ1) is 17.1. The molecule has 0 saturated carbocycles. The van der Waals surface area contributed by atoms with Crippen LogP contribution in [0.1, 0.15) is 6.92 Å². The monoisotopic (exact) mass is 344 g/mol. The van der Waals surface area contributed by atoms with E-state index < -0.39 is 0 Å². The molecule has 128 valence electrons. The van der Waals surface area contributed by atoms with Crippen molar-refractivity contribution < 1.29 is 9.64 Å². The van der Waals surface area contributed by atoms with Gasteiger partial charge in [-0.3, -0.25) is 0 Å². The molecule has 3 rings (SSSR count). The Morgan fingerprint density at radius 1 is 1.17 bits per heavy atom. The van der Waals surface area contributed by atoms with Crippen molar-refractivity contribution in [1.82, 2.24) is 5.32 Å². The molecule has 0 amide bonds. The molecule has 0 aromatic heterocycles. The molecule has 4 nitrogen and oxygen atoms in total. The summed E-state index contributed by atoms with van der Waals surface area (Å²) >= 11 is 5.67. The third kappa shape index (κ3) is 4.04. The second-order valence-corrected chi connectivity index (χ2v) is 6.47. The van der Waals surface area contributed by atoms with Crippen LogP contribution in [0, 0.1) is 0 Å². The van der Waals surface area contributed by atoms with Gasteiger partial charge in [0, 0.05) is 11.9 Å². The van der Waals surface area contributed by atoms with Crippen LogP contribution in [-0.2, 0) is 4.74 Å². The number of hydrogen-bond acceptors (Lipinski definition) is 2. The largest absolute Gasteiger partial charge is 0.370 e. The highest BCUT2D eigenvalue weighted by molar-refractivity contribution is 7.80. The molecule has 24 heavy (non-hydrogen) atoms. The molecule has 0 atom stereocenters. The van der Waals surface area contributed by atoms with Crippen LogP contribution in [-0.4, -0.2) is 51.0 Å². The Morgan fingerprint density at radius 3 is 2.71 bits per heavy atom. The van der Waals surface area contributed by atoms with Crippen molar-refractivity contribution in [3.8, 4) is 0 Å². The highest BCUT2D eigenvalue weighted by Crippen LogP contribution is 2.26. The Bertz CT molecular complexity index is 680. The lowest BCUT2D eigenvalue weighted by molar-refractivity contribution is -0.906. The minimum Gasteiger partial charge on any atom is -0.370 e. The van der Waals surface area contributed by atoms with Crippen molar-refractivity contribution in [3.05, 3.63) is 42.5 Å². The van der Waals surface area contributed by atoms with Crippen molar-refractivity contribution in [2.45, 2.75) is 6.92 Å². The number of ether oxygens (including phenoxy) is 1. The number of nitrogens with one attached hydrogen (secondary N) is 2. The van der Waals surface area contributed by atoms with E-state index in [1.807, 2.05) is 0 Å². The maximum Gasteiger partial charge on any atom is 0.173 e. The predicted molar refractivity (Wildman–Crippen MR) is 104 cm³/mol. The highest BCUT2D eigenvalue weighted by atomic mass is 32.1. The summed E-state index contributed by atoms with van der Waals surface area (Å²) in [6, 6.07) is 14.8. The normalized spacial score (nSPS) is 15.4. The minimum atomic E-state index is 0.807. The van der Waals surface area contributed by atoms with Crippen molar-refractivity contribution in [1.29, 1.82) is 0 Å². The van der Waals surface area contributed by atoms with Crippen LogP contribution in [0.2, 0.25) is 0 Å². The molecule has 2 N–H and O–H groups in total. The smallest absolute Gasteiger partial charge is 0.173 e. The topological polar surface area (TPSA) is 28.9 Å². The number of nitrogens with zero attached hydrogens (tertiary/aromatic N) is 1. The van der Waals surface area contributed by atoms with Crippen LogP contribution in [0.3, 0.4) is 0 Å². The maximum absolute atomic E-state index is 5.67. The van der Waals surface area contributed by atoms with Gasteiger partial charge in [-0.1, -0.05) is 36.4 Å². The van der Waals surface area contributed by atoms with Crippen LogP contribution in [0.25, 0.3) is 10.8 Å². The van der Waals surface area contributed by atoms with E-state index in [1.165, 1.54) is 16.5 Å². The molecule has 1 aliphatic heterocycles. The molecule has 1 fully saturated rings. The predicted octanol–water partition coefficient (Wildman–Crippen LogP) is 1.46. The molecule has 2 aromatic carbocycles. The van der Waals surface area contributed by atoms with Gasteiger partial charge < -0.3 is 19.9 Å². The van der Waals surface area contributed by atoms with Gasteiger partial charge >= 0.3 is 0 Å². The van der Waals surface area contributed by atoms with Crippen molar-refractivity contribution >= 4 is 33.8 Å². The van der Waals surface area contributed by atoms with Gasteiger partial charge in [0.25, 0.3) is 0 Å². The van der Waals surface area contributed by atoms with Crippen LogP contribution in [0.15, 0.2) is 42.5 Å². The lowest BCUT2D eigenvalue weighted by Crippen LogP contribution is -3.14. The average molecular weight is 345 g/mol. The summed E-state index contributed by atoms with van der Waals surface area (Å²) in [5.74, 6) is 0. The van der Waals surface area contributed by atoms with Gasteiger partial charge in [-0.05, 0) is 30.6 Å². The van der Waals surface area contributed by atoms with Crippen LogP contribution in [0.5, 0.6) is 0 Å². The number of benzene rings is 2. The number of rotatable bonds is 5. The first-order valence-electron chi connectivity index (χ1n) is 8.74. The minimum absolute atomic E-state index is 0.807. The van der Waals surface area contributed by atoms with Crippen LogP contribution in [0.4, 0.5) is 5.69 Å². The first-order valence-corrected chi connectivity index (χ1v) is 9.15. The van der Waals surface area contributed by atoms with Gasteiger partial charge in [-0.15, -0.1) is 0 Å². The van der Waals surface area contributed by atoms with E-state index in [2.05, 4.69) is 59.6 Å². The maximum atomic E-state index is 5.67. The molecule has 0 bridgehead atoms. The fourth-order valence-electron chi connectivity index (χ4n) is 3.22. The fourth-order valence-corrected chi connectivity index (χ4v) is 3.55. The lowest BCUT2D eigenvalue weighted by atomic mass is 10.1. The second-order valence-electron chi connectivity index (χ2n) is 6.09. The number of thiocarbonyl (C=S) groups is 1. The number of anilines is 1. The molecule has 0 aliphatic carbocycles. The highest BCUT2D eigenvalue weighted by Gasteiger charge is 2.15. The van der Waals surface area contributed by atoms with E-state index in [0.717, 1.165) is 51.0 Å². The van der Waals surface area contributed by atoms with Crippen molar-refractivity contribution in [3.63, 3.8) is 0 Å². The summed E-state index contributed by atoms with van der Waals surface area (Å²) < 4.78 is 5.41. The molecule has 1 aliphatic rings. The van der Waals surface area contributed by atoms with E-state index in [9.17, 15) is 0 Å². The van der Waals surface area contributed by atoms with E-state index in [-0.39, 0.29) is 0 Å². The van der Waals surface area contributed by atoms with Gasteiger partial charge in [0.2, 0.25) is 0 Å². The fraction of sp³-hybridized carbons (Fsp3) is 0.421. The average Bonchev–Trinajstić information content (AvgIpc) is 2.63. The van der Waals surface area contributed by atoms with Crippen molar-refractivity contribution in [2.75, 3.05) is 50.8 Å². The zero-order valence-corrected chi connectivity index (χ0v) is 15.1. The molecule has 0 unspecified atom stereocenters. The summed E-state index contributed by atoms with van der Waals surface area (Å²) in [4.78, 5) is 3.77. The Labute approximate surface area is 149 Å². The van der Waals surface area contributed by atoms with Gasteiger partial charge in [-0.2, -0.15) is 0 Å². The number of morpholine rings is 1. The molecule has 5 heteroatoms.